The van der Waals surface area contributed by atoms with Crippen LogP contribution in [0.3, 0.4) is 0 Å². The van der Waals surface area contributed by atoms with Gasteiger partial charge < -0.3 is 15.4 Å². The minimum absolute atomic E-state index is 0.593. The molecule has 0 atom stereocenters. The molecule has 0 amide bonds. The Bertz CT molecular complexity index is 298. The van der Waals surface area contributed by atoms with E-state index in [-0.39, 0.29) is 0 Å². The van der Waals surface area contributed by atoms with Crippen LogP contribution in [-0.4, -0.2) is 31.7 Å². The van der Waals surface area contributed by atoms with E-state index in [0.29, 0.717) is 12.5 Å². The molecule has 0 spiro atoms. The van der Waals surface area contributed by atoms with E-state index in [0.717, 1.165) is 24.7 Å². The van der Waals surface area contributed by atoms with Crippen LogP contribution < -0.4 is 15.4 Å². The van der Waals surface area contributed by atoms with Crippen LogP contribution in [0.2, 0.25) is 0 Å². The summed E-state index contributed by atoms with van der Waals surface area (Å²) in [7, 11) is 1.64. The molecule has 4 heteroatoms. The Labute approximate surface area is 97.4 Å². The van der Waals surface area contributed by atoms with Crippen molar-refractivity contribution in [2.75, 3.05) is 31.6 Å². The van der Waals surface area contributed by atoms with Gasteiger partial charge in [0.2, 0.25) is 0 Å². The molecule has 16 heavy (non-hydrogen) atoms. The van der Waals surface area contributed by atoms with Crippen molar-refractivity contribution in [1.82, 2.24) is 4.98 Å². The number of aromatic nitrogens is 1. The van der Waals surface area contributed by atoms with Crippen molar-refractivity contribution in [3.8, 4) is 5.75 Å². The van der Waals surface area contributed by atoms with Crippen molar-refractivity contribution in [3.63, 3.8) is 0 Å². The fourth-order valence-corrected chi connectivity index (χ4v) is 1.58. The van der Waals surface area contributed by atoms with Crippen molar-refractivity contribution in [2.24, 2.45) is 11.7 Å². The summed E-state index contributed by atoms with van der Waals surface area (Å²) in [5.41, 5.74) is 5.60. The topological polar surface area (TPSA) is 51.4 Å². The number of ether oxygens (including phenoxy) is 1. The molecule has 1 rings (SSSR count). The van der Waals surface area contributed by atoms with E-state index in [1.54, 1.807) is 13.3 Å². The van der Waals surface area contributed by atoms with Gasteiger partial charge in [0.15, 0.2) is 0 Å². The highest BCUT2D eigenvalue weighted by Gasteiger charge is 2.08. The number of anilines is 1. The highest BCUT2D eigenvalue weighted by Crippen LogP contribution is 2.16. The van der Waals surface area contributed by atoms with E-state index in [1.165, 1.54) is 0 Å². The molecule has 2 N–H and O–H groups in total. The van der Waals surface area contributed by atoms with Gasteiger partial charge in [-0.15, -0.1) is 0 Å². The molecule has 4 nitrogen and oxygen atoms in total. The second-order valence-electron chi connectivity index (χ2n) is 4.18. The first kappa shape index (κ1) is 12.8. The molecule has 0 aromatic carbocycles. The zero-order valence-electron chi connectivity index (χ0n) is 10.3. The van der Waals surface area contributed by atoms with Crippen LogP contribution in [0, 0.1) is 5.92 Å². The fraction of sp³-hybridized carbons (Fsp3) is 0.583. The highest BCUT2D eigenvalue weighted by atomic mass is 16.5. The van der Waals surface area contributed by atoms with Crippen molar-refractivity contribution < 1.29 is 4.74 Å². The summed E-state index contributed by atoms with van der Waals surface area (Å²) in [6.45, 7) is 6.81. The predicted molar refractivity (Wildman–Crippen MR) is 66.9 cm³/mol. The molecule has 1 aromatic heterocycles. The molecule has 90 valence electrons. The van der Waals surface area contributed by atoms with Gasteiger partial charge in [-0.05, 0) is 18.1 Å². The molecule has 0 fully saturated rings. The Morgan fingerprint density at radius 1 is 1.44 bits per heavy atom. The lowest BCUT2D eigenvalue weighted by molar-refractivity contribution is 0.413. The van der Waals surface area contributed by atoms with Crippen LogP contribution in [0.25, 0.3) is 0 Å². The maximum Gasteiger partial charge on any atom is 0.137 e. The van der Waals surface area contributed by atoms with Crippen LogP contribution >= 0.6 is 0 Å². The summed E-state index contributed by atoms with van der Waals surface area (Å²) in [5.74, 6) is 2.33. The summed E-state index contributed by atoms with van der Waals surface area (Å²) in [6.07, 6.45) is 1.74. The maximum atomic E-state index is 5.60. The van der Waals surface area contributed by atoms with Crippen molar-refractivity contribution in [2.45, 2.75) is 13.8 Å². The van der Waals surface area contributed by atoms with Crippen molar-refractivity contribution in [1.29, 1.82) is 0 Å². The first-order valence-corrected chi connectivity index (χ1v) is 5.62. The Kier molecular flexibility index (Phi) is 5.05. The SMILES string of the molecule is COc1ccc(N(CCN)CC(C)C)nc1. The molecule has 0 saturated carbocycles. The molecule has 0 aliphatic rings. The minimum Gasteiger partial charge on any atom is -0.495 e. The summed E-state index contributed by atoms with van der Waals surface area (Å²) in [6, 6.07) is 3.89. The predicted octanol–water partition coefficient (Wildman–Crippen LogP) is 1.51. The quantitative estimate of drug-likeness (QED) is 0.794. The Hall–Kier alpha value is -1.29. The molecule has 1 heterocycles. The van der Waals surface area contributed by atoms with Crippen molar-refractivity contribution in [3.05, 3.63) is 18.3 Å². The summed E-state index contributed by atoms with van der Waals surface area (Å²) < 4.78 is 5.08. The van der Waals surface area contributed by atoms with Gasteiger partial charge in [-0.2, -0.15) is 0 Å². The van der Waals surface area contributed by atoms with Crippen LogP contribution in [0.15, 0.2) is 18.3 Å². The van der Waals surface area contributed by atoms with E-state index in [4.69, 9.17) is 10.5 Å². The third-order valence-corrected chi connectivity index (χ3v) is 2.26. The molecule has 0 unspecified atom stereocenters. The zero-order chi connectivity index (χ0) is 12.0. The fourth-order valence-electron chi connectivity index (χ4n) is 1.58. The normalized spacial score (nSPS) is 10.6. The van der Waals surface area contributed by atoms with Gasteiger partial charge in [-0.1, -0.05) is 13.8 Å². The molecule has 0 radical (unpaired) electrons. The van der Waals surface area contributed by atoms with Crippen LogP contribution in [-0.2, 0) is 0 Å². The molecule has 1 aromatic rings. The summed E-state index contributed by atoms with van der Waals surface area (Å²) >= 11 is 0. The minimum atomic E-state index is 0.593. The van der Waals surface area contributed by atoms with Gasteiger partial charge in [0.05, 0.1) is 13.3 Å². The third-order valence-electron chi connectivity index (χ3n) is 2.26. The average molecular weight is 223 g/mol. The average Bonchev–Trinajstić information content (AvgIpc) is 2.28. The molecular weight excluding hydrogens is 202 g/mol. The lowest BCUT2D eigenvalue weighted by Gasteiger charge is -2.25. The monoisotopic (exact) mass is 223 g/mol. The lowest BCUT2D eigenvalue weighted by Crippen LogP contribution is -2.33. The van der Waals surface area contributed by atoms with Crippen LogP contribution in [0.4, 0.5) is 5.82 Å². The standard InChI is InChI=1S/C12H21N3O/c1-10(2)9-15(7-6-13)12-5-4-11(16-3)8-14-12/h4-5,8,10H,6-7,9,13H2,1-3H3. The third kappa shape index (κ3) is 3.70. The first-order chi connectivity index (χ1) is 7.67. The van der Waals surface area contributed by atoms with E-state index in [1.807, 2.05) is 12.1 Å². The van der Waals surface area contributed by atoms with Gasteiger partial charge >= 0.3 is 0 Å². The molecule has 0 aliphatic heterocycles. The number of pyridine rings is 1. The lowest BCUT2D eigenvalue weighted by atomic mass is 10.2. The van der Waals surface area contributed by atoms with Gasteiger partial charge in [0.25, 0.3) is 0 Å². The largest absolute Gasteiger partial charge is 0.495 e. The highest BCUT2D eigenvalue weighted by molar-refractivity contribution is 5.40. The molecule has 0 bridgehead atoms. The molecular formula is C12H21N3O. The number of methoxy groups -OCH3 is 1. The number of nitrogens with two attached hydrogens (primary N) is 1. The van der Waals surface area contributed by atoms with Gasteiger partial charge in [0, 0.05) is 19.6 Å². The van der Waals surface area contributed by atoms with E-state index < -0.39 is 0 Å². The first-order valence-electron chi connectivity index (χ1n) is 5.62. The van der Waals surface area contributed by atoms with Gasteiger partial charge in [-0.25, -0.2) is 4.98 Å². The summed E-state index contributed by atoms with van der Waals surface area (Å²) in [5, 5.41) is 0. The second-order valence-corrected chi connectivity index (χ2v) is 4.18. The number of hydrogen-bond donors (Lipinski definition) is 1. The summed E-state index contributed by atoms with van der Waals surface area (Å²) in [4.78, 5) is 6.57. The van der Waals surface area contributed by atoms with Crippen LogP contribution in [0.5, 0.6) is 5.75 Å². The maximum absolute atomic E-state index is 5.60. The Morgan fingerprint density at radius 2 is 2.19 bits per heavy atom. The molecule has 0 aliphatic carbocycles. The van der Waals surface area contributed by atoms with Crippen molar-refractivity contribution >= 4 is 5.82 Å². The van der Waals surface area contributed by atoms with E-state index in [9.17, 15) is 0 Å². The smallest absolute Gasteiger partial charge is 0.137 e. The van der Waals surface area contributed by atoms with Gasteiger partial charge in [0.1, 0.15) is 11.6 Å². The second kappa shape index (κ2) is 6.33. The van der Waals surface area contributed by atoms with E-state index >= 15 is 0 Å². The van der Waals surface area contributed by atoms with E-state index in [2.05, 4.69) is 23.7 Å². The zero-order valence-corrected chi connectivity index (χ0v) is 10.3. The van der Waals surface area contributed by atoms with Crippen LogP contribution in [0.1, 0.15) is 13.8 Å². The Morgan fingerprint density at radius 3 is 2.62 bits per heavy atom. The number of rotatable bonds is 6. The van der Waals surface area contributed by atoms with Gasteiger partial charge in [-0.3, -0.25) is 0 Å². The number of nitrogens with zero attached hydrogens (tertiary/aromatic N) is 2. The number of hydrogen-bond acceptors (Lipinski definition) is 4. The Balaban J connectivity index is 2.75. The molecule has 0 saturated heterocycles.